The second kappa shape index (κ2) is 5.54. The van der Waals surface area contributed by atoms with Gasteiger partial charge in [0.15, 0.2) is 0 Å². The van der Waals surface area contributed by atoms with Gasteiger partial charge in [0.05, 0.1) is 0 Å². The number of nitrogens with zero attached hydrogens (tertiary/aromatic N) is 1. The van der Waals surface area contributed by atoms with E-state index in [2.05, 4.69) is 5.16 Å². The van der Waals surface area contributed by atoms with Crippen LogP contribution in [0.15, 0.2) is 5.16 Å². The Labute approximate surface area is 104 Å². The Hall–Kier alpha value is 0.690. The molecule has 0 aromatic rings. The molecule has 0 bridgehead atoms. The zero-order chi connectivity index (χ0) is 9.73. The Morgan fingerprint density at radius 3 is 2.62 bits per heavy atom. The van der Waals surface area contributed by atoms with E-state index in [9.17, 15) is 0 Å². The van der Waals surface area contributed by atoms with Crippen LogP contribution in [0.5, 0.6) is 0 Å². The summed E-state index contributed by atoms with van der Waals surface area (Å²) in [6.45, 7) is 0.256. The highest BCUT2D eigenvalue weighted by Crippen LogP contribution is 2.35. The lowest BCUT2D eigenvalue weighted by Crippen LogP contribution is -2.13. The average Bonchev–Trinajstić information content (AvgIpc) is 2.40. The summed E-state index contributed by atoms with van der Waals surface area (Å²) in [5, 5.41) is 12.4. The molecular formula is C7H11I2NO3. The van der Waals surface area contributed by atoms with Gasteiger partial charge in [-0.1, -0.05) is 6.42 Å². The van der Waals surface area contributed by atoms with Gasteiger partial charge in [-0.25, -0.2) is 0 Å². The van der Waals surface area contributed by atoms with Gasteiger partial charge in [0, 0.05) is 58.2 Å². The smallest absolute Gasteiger partial charge is 0.378 e. The zero-order valence-corrected chi connectivity index (χ0v) is 11.3. The standard InChI is InChI=1S/C7H11I2NO3/c8-7(9)12-6(10-13-7)4-2-1-3-5-11/h11H,1-5H2. The first-order chi connectivity index (χ1) is 6.14. The van der Waals surface area contributed by atoms with Crippen LogP contribution in [0.4, 0.5) is 0 Å². The molecule has 6 heteroatoms. The fraction of sp³-hybridized carbons (Fsp3) is 0.857. The molecule has 0 aromatic heterocycles. The third-order valence-electron chi connectivity index (χ3n) is 1.54. The predicted molar refractivity (Wildman–Crippen MR) is 65.9 cm³/mol. The van der Waals surface area contributed by atoms with Crippen LogP contribution in [-0.4, -0.2) is 19.4 Å². The van der Waals surface area contributed by atoms with Gasteiger partial charge in [-0.3, -0.25) is 0 Å². The van der Waals surface area contributed by atoms with Crippen LogP contribution in [0, 0.1) is 0 Å². The lowest BCUT2D eigenvalue weighted by atomic mass is 10.2. The van der Waals surface area contributed by atoms with E-state index in [1.807, 2.05) is 45.2 Å². The summed E-state index contributed by atoms with van der Waals surface area (Å²) in [5.41, 5.74) is 0. The Morgan fingerprint density at radius 1 is 1.31 bits per heavy atom. The van der Waals surface area contributed by atoms with E-state index in [4.69, 9.17) is 14.7 Å². The molecule has 0 spiro atoms. The summed E-state index contributed by atoms with van der Waals surface area (Å²) in [5.74, 6) is 0.654. The van der Waals surface area contributed by atoms with Crippen LogP contribution in [0.2, 0.25) is 0 Å². The number of alkyl halides is 2. The lowest BCUT2D eigenvalue weighted by molar-refractivity contribution is 0.0241. The number of halogens is 2. The summed E-state index contributed by atoms with van der Waals surface area (Å²) >= 11 is 4.07. The molecule has 1 aliphatic rings. The van der Waals surface area contributed by atoms with Gasteiger partial charge in [-0.15, -0.1) is 0 Å². The number of hydrogen-bond acceptors (Lipinski definition) is 4. The molecule has 0 aliphatic carbocycles. The summed E-state index contributed by atoms with van der Waals surface area (Å²) in [4.78, 5) is 5.00. The minimum Gasteiger partial charge on any atom is -0.418 e. The number of rotatable bonds is 5. The van der Waals surface area contributed by atoms with Crippen molar-refractivity contribution in [2.24, 2.45) is 5.16 Å². The topological polar surface area (TPSA) is 51.1 Å². The predicted octanol–water partition coefficient (Wildman–Crippen LogP) is 2.38. The summed E-state index contributed by atoms with van der Waals surface area (Å²) in [6.07, 6.45) is 3.60. The van der Waals surface area contributed by atoms with E-state index >= 15 is 0 Å². The van der Waals surface area contributed by atoms with E-state index in [-0.39, 0.29) is 6.61 Å². The zero-order valence-electron chi connectivity index (χ0n) is 7.00. The van der Waals surface area contributed by atoms with Crippen molar-refractivity contribution in [2.75, 3.05) is 6.61 Å². The van der Waals surface area contributed by atoms with E-state index in [1.54, 1.807) is 0 Å². The van der Waals surface area contributed by atoms with Gasteiger partial charge in [0.1, 0.15) is 0 Å². The molecule has 0 unspecified atom stereocenters. The molecule has 0 amide bonds. The number of oxime groups is 1. The molecule has 1 rings (SSSR count). The summed E-state index contributed by atoms with van der Waals surface area (Å²) < 4.78 is 4.72. The van der Waals surface area contributed by atoms with Crippen LogP contribution in [0.25, 0.3) is 0 Å². The van der Waals surface area contributed by atoms with Crippen molar-refractivity contribution >= 4 is 51.1 Å². The quantitative estimate of drug-likeness (QED) is 0.430. The molecule has 0 radical (unpaired) electrons. The number of hydrogen-bond donors (Lipinski definition) is 1. The summed E-state index contributed by atoms with van der Waals surface area (Å²) in [7, 11) is 0. The van der Waals surface area contributed by atoms with Gasteiger partial charge >= 0.3 is 1.80 Å². The number of aliphatic hydroxyl groups is 1. The SMILES string of the molecule is OCCCCCC1=NOC(I)(I)O1. The highest BCUT2D eigenvalue weighted by molar-refractivity contribution is 14.2. The molecule has 0 atom stereocenters. The van der Waals surface area contributed by atoms with Crippen LogP contribution in [-0.2, 0) is 9.57 Å². The van der Waals surface area contributed by atoms with Crippen molar-refractivity contribution in [3.63, 3.8) is 0 Å². The van der Waals surface area contributed by atoms with E-state index < -0.39 is 1.80 Å². The van der Waals surface area contributed by atoms with E-state index in [1.165, 1.54) is 0 Å². The van der Waals surface area contributed by atoms with Crippen molar-refractivity contribution < 1.29 is 14.7 Å². The third-order valence-corrected chi connectivity index (χ3v) is 2.37. The summed E-state index contributed by atoms with van der Waals surface area (Å²) in [6, 6.07) is 0. The third kappa shape index (κ3) is 4.63. The Balaban J connectivity index is 2.10. The maximum atomic E-state index is 8.55. The minimum absolute atomic E-state index is 0.256. The first-order valence-corrected chi connectivity index (χ1v) is 6.22. The van der Waals surface area contributed by atoms with Crippen molar-refractivity contribution in [1.82, 2.24) is 0 Å². The van der Waals surface area contributed by atoms with Gasteiger partial charge in [0.25, 0.3) is 0 Å². The molecule has 4 nitrogen and oxygen atoms in total. The lowest BCUT2D eigenvalue weighted by Gasteiger charge is -2.10. The maximum Gasteiger partial charge on any atom is 0.378 e. The molecule has 0 aromatic carbocycles. The van der Waals surface area contributed by atoms with Crippen molar-refractivity contribution in [2.45, 2.75) is 27.5 Å². The second-order valence-corrected chi connectivity index (χ2v) is 7.58. The Morgan fingerprint density at radius 2 is 2.08 bits per heavy atom. The first-order valence-electron chi connectivity index (χ1n) is 4.07. The number of ether oxygens (including phenoxy) is 1. The molecule has 0 saturated carbocycles. The highest BCUT2D eigenvalue weighted by Gasteiger charge is 2.34. The normalized spacial score (nSPS) is 19.2. The maximum absolute atomic E-state index is 8.55. The number of unbranched alkanes of at least 4 members (excludes halogenated alkanes) is 2. The largest absolute Gasteiger partial charge is 0.418 e. The monoisotopic (exact) mass is 411 g/mol. The van der Waals surface area contributed by atoms with Gasteiger partial charge in [-0.05, 0) is 18.0 Å². The number of aliphatic hydroxyl groups excluding tert-OH is 1. The molecular weight excluding hydrogens is 400 g/mol. The fourth-order valence-electron chi connectivity index (χ4n) is 0.940. The minimum atomic E-state index is -0.651. The van der Waals surface area contributed by atoms with E-state index in [0.717, 1.165) is 25.7 Å². The molecule has 1 aliphatic heterocycles. The fourth-order valence-corrected chi connectivity index (χ4v) is 1.65. The van der Waals surface area contributed by atoms with Crippen LogP contribution in [0.3, 0.4) is 0 Å². The average molecular weight is 411 g/mol. The Kier molecular flexibility index (Phi) is 5.01. The molecule has 1 N–H and O–H groups in total. The van der Waals surface area contributed by atoms with Crippen LogP contribution >= 0.6 is 45.2 Å². The molecule has 76 valence electrons. The van der Waals surface area contributed by atoms with Crippen molar-refractivity contribution in [3.8, 4) is 0 Å². The van der Waals surface area contributed by atoms with Crippen LogP contribution in [0.1, 0.15) is 25.7 Å². The second-order valence-electron chi connectivity index (χ2n) is 2.68. The van der Waals surface area contributed by atoms with Crippen LogP contribution < -0.4 is 0 Å². The molecule has 1 heterocycles. The molecule has 0 saturated heterocycles. The molecule has 13 heavy (non-hydrogen) atoms. The first kappa shape index (κ1) is 11.8. The molecule has 0 fully saturated rings. The Bertz CT molecular complexity index is 196. The van der Waals surface area contributed by atoms with Gasteiger partial charge in [0.2, 0.25) is 5.90 Å². The highest BCUT2D eigenvalue weighted by atomic mass is 127. The van der Waals surface area contributed by atoms with Gasteiger partial charge in [-0.2, -0.15) is 0 Å². The van der Waals surface area contributed by atoms with Gasteiger partial charge < -0.3 is 14.7 Å². The van der Waals surface area contributed by atoms with E-state index in [0.29, 0.717) is 5.90 Å². The van der Waals surface area contributed by atoms with Crippen molar-refractivity contribution in [1.29, 1.82) is 0 Å². The van der Waals surface area contributed by atoms with Crippen molar-refractivity contribution in [3.05, 3.63) is 0 Å².